The average Bonchev–Trinajstić information content (AvgIpc) is 3.23. The third-order valence-electron chi connectivity index (χ3n) is 10.6. The quantitative estimate of drug-likeness (QED) is 0.0993. The lowest BCUT2D eigenvalue weighted by atomic mass is 9.89. The molecule has 6 rings (SSSR count). The summed E-state index contributed by atoms with van der Waals surface area (Å²) in [5.74, 6) is -0.454. The van der Waals surface area contributed by atoms with Crippen LogP contribution in [0.5, 0.6) is 0 Å². The Bertz CT molecular complexity index is 1970. The van der Waals surface area contributed by atoms with Crippen molar-refractivity contribution in [3.63, 3.8) is 0 Å². The van der Waals surface area contributed by atoms with E-state index >= 15 is 0 Å². The summed E-state index contributed by atoms with van der Waals surface area (Å²) in [5.41, 5.74) is 7.83. The van der Waals surface area contributed by atoms with E-state index in [9.17, 15) is 14.7 Å². The summed E-state index contributed by atoms with van der Waals surface area (Å²) in [7, 11) is 3.45. The van der Waals surface area contributed by atoms with Gasteiger partial charge in [0.1, 0.15) is 6.04 Å². The van der Waals surface area contributed by atoms with Crippen LogP contribution < -0.4 is 10.6 Å². The van der Waals surface area contributed by atoms with E-state index in [1.807, 2.05) is 97.1 Å². The van der Waals surface area contributed by atoms with E-state index in [1.165, 1.54) is 12.7 Å². The molecule has 9 nitrogen and oxygen atoms in total. The predicted octanol–water partition coefficient (Wildman–Crippen LogP) is 7.91. The highest BCUT2D eigenvalue weighted by Gasteiger charge is 2.39. The zero-order chi connectivity index (χ0) is 38.7. The molecule has 9 heteroatoms. The van der Waals surface area contributed by atoms with Gasteiger partial charge in [0, 0.05) is 37.0 Å². The zero-order valence-electron chi connectivity index (χ0n) is 31.9. The molecule has 2 amide bonds. The summed E-state index contributed by atoms with van der Waals surface area (Å²) in [5, 5.41) is 15.4. The third-order valence-corrected chi connectivity index (χ3v) is 10.6. The normalized spacial score (nSPS) is 19.3. The highest BCUT2D eigenvalue weighted by atomic mass is 16.7. The van der Waals surface area contributed by atoms with Crippen molar-refractivity contribution < 1.29 is 28.9 Å². The number of nitrogens with one attached hydrogen (secondary N) is 2. The maximum atomic E-state index is 13.0. The molecule has 1 aliphatic heterocycles. The highest BCUT2D eigenvalue weighted by molar-refractivity contribution is 5.84. The van der Waals surface area contributed by atoms with Crippen molar-refractivity contribution in [3.8, 4) is 11.1 Å². The molecule has 3 N–H and O–H groups in total. The first-order valence-electron chi connectivity index (χ1n) is 18.8. The van der Waals surface area contributed by atoms with Crippen molar-refractivity contribution in [1.82, 2.24) is 15.5 Å². The first-order valence-corrected chi connectivity index (χ1v) is 18.8. The summed E-state index contributed by atoms with van der Waals surface area (Å²) >= 11 is 0. The number of hydrogen-bond donors (Lipinski definition) is 3. The molecule has 0 radical (unpaired) electrons. The van der Waals surface area contributed by atoms with Crippen LogP contribution >= 0.6 is 0 Å². The summed E-state index contributed by atoms with van der Waals surface area (Å²) < 4.78 is 18.5. The molecule has 5 aromatic carbocycles. The minimum atomic E-state index is -0.825. The SMILES string of the molecule is COC(=O)[C@H](Cc1ccccc1)NC(=O)NCc1ccccc1-c1ccc([C@H]2O[C@@H](CN(C)[C@@H](C)c3ccccc3)[C@@H](C)[C@@H](c3ccc(CO)cc3)O2)cc1. The van der Waals surface area contributed by atoms with Crippen LogP contribution in [0.2, 0.25) is 0 Å². The number of aliphatic hydroxyl groups excluding tert-OH is 1. The van der Waals surface area contributed by atoms with Crippen molar-refractivity contribution in [3.05, 3.63) is 167 Å². The molecule has 6 atom stereocenters. The van der Waals surface area contributed by atoms with Crippen molar-refractivity contribution in [2.75, 3.05) is 20.7 Å². The van der Waals surface area contributed by atoms with Crippen LogP contribution in [-0.2, 0) is 38.6 Å². The highest BCUT2D eigenvalue weighted by Crippen LogP contribution is 2.42. The third kappa shape index (κ3) is 10.1. The van der Waals surface area contributed by atoms with Crippen molar-refractivity contribution in [2.24, 2.45) is 5.92 Å². The molecular weight excluding hydrogens is 691 g/mol. The van der Waals surface area contributed by atoms with Crippen LogP contribution in [0.1, 0.15) is 65.7 Å². The molecule has 0 bridgehead atoms. The Hall–Kier alpha value is -5.32. The number of methoxy groups -OCH3 is 1. The van der Waals surface area contributed by atoms with Gasteiger partial charge in [-0.2, -0.15) is 0 Å². The molecule has 55 heavy (non-hydrogen) atoms. The maximum absolute atomic E-state index is 13.0. The van der Waals surface area contributed by atoms with Crippen LogP contribution in [0, 0.1) is 5.92 Å². The Kier molecular flexibility index (Phi) is 13.5. The van der Waals surface area contributed by atoms with Crippen LogP contribution in [-0.4, -0.2) is 54.9 Å². The molecule has 0 aliphatic carbocycles. The fraction of sp³-hybridized carbons (Fsp3) is 0.304. The lowest BCUT2D eigenvalue weighted by Crippen LogP contribution is -2.47. The molecule has 0 aromatic heterocycles. The van der Waals surface area contributed by atoms with Crippen LogP contribution in [0.3, 0.4) is 0 Å². The van der Waals surface area contributed by atoms with Gasteiger partial charge in [-0.15, -0.1) is 0 Å². The molecular formula is C46H51N3O6. The van der Waals surface area contributed by atoms with Crippen molar-refractivity contribution in [2.45, 2.75) is 64.0 Å². The Labute approximate surface area is 324 Å². The molecule has 1 saturated heterocycles. The second-order valence-corrected chi connectivity index (χ2v) is 14.2. The number of carbonyl (C=O) groups excluding carboxylic acids is 2. The number of benzene rings is 5. The molecule has 1 aliphatic rings. The second-order valence-electron chi connectivity index (χ2n) is 14.2. The molecule has 1 heterocycles. The van der Waals surface area contributed by atoms with Gasteiger partial charge in [-0.3, -0.25) is 4.90 Å². The molecule has 5 aromatic rings. The Morgan fingerprint density at radius 3 is 2.11 bits per heavy atom. The van der Waals surface area contributed by atoms with E-state index in [1.54, 1.807) is 0 Å². The van der Waals surface area contributed by atoms with Gasteiger partial charge in [0.05, 0.1) is 25.9 Å². The van der Waals surface area contributed by atoms with Crippen molar-refractivity contribution >= 4 is 12.0 Å². The number of esters is 1. The van der Waals surface area contributed by atoms with Gasteiger partial charge in [0.25, 0.3) is 0 Å². The monoisotopic (exact) mass is 741 g/mol. The number of aliphatic hydroxyl groups is 1. The van der Waals surface area contributed by atoms with E-state index < -0.39 is 24.3 Å². The zero-order valence-corrected chi connectivity index (χ0v) is 31.9. The number of nitrogens with zero attached hydrogens (tertiary/aromatic N) is 1. The van der Waals surface area contributed by atoms with E-state index in [-0.39, 0.29) is 37.3 Å². The standard InChI is InChI=1S/C46H51N3O6/c1-31-42(29-49(3)32(2)35-15-9-6-10-16-35)54-45(55-43(31)37-21-19-34(30-50)20-22-37)38-25-23-36(24-26-38)40-18-12-11-17-39(40)28-47-46(52)48-41(44(51)53-4)27-33-13-7-5-8-14-33/h5-26,31-32,41-43,45,50H,27-30H2,1-4H3,(H2,47,48,52)/t31-,32+,41+,42+,43+,45+/m1/s1. The number of likely N-dealkylation sites (N-methyl/N-ethyl adjacent to an activating group) is 1. The van der Waals surface area contributed by atoms with Gasteiger partial charge in [0.2, 0.25) is 0 Å². The van der Waals surface area contributed by atoms with Crippen LogP contribution in [0.4, 0.5) is 4.79 Å². The molecule has 286 valence electrons. The van der Waals surface area contributed by atoms with Crippen LogP contribution in [0.15, 0.2) is 133 Å². The summed E-state index contributed by atoms with van der Waals surface area (Å²) in [6.45, 7) is 5.34. The second kappa shape index (κ2) is 18.8. The van der Waals surface area contributed by atoms with Gasteiger partial charge in [-0.05, 0) is 52.9 Å². The Balaban J connectivity index is 1.17. The van der Waals surface area contributed by atoms with E-state index in [0.717, 1.165) is 38.9 Å². The molecule has 0 saturated carbocycles. The van der Waals surface area contributed by atoms with E-state index in [4.69, 9.17) is 14.2 Å². The number of ether oxygens (including phenoxy) is 3. The first-order chi connectivity index (χ1) is 26.7. The minimum absolute atomic E-state index is 0.0127. The summed E-state index contributed by atoms with van der Waals surface area (Å²) in [4.78, 5) is 27.8. The summed E-state index contributed by atoms with van der Waals surface area (Å²) in [6.07, 6.45) is -0.627. The Morgan fingerprint density at radius 1 is 0.800 bits per heavy atom. The molecule has 0 spiro atoms. The summed E-state index contributed by atoms with van der Waals surface area (Å²) in [6, 6.07) is 43.0. The average molecular weight is 742 g/mol. The lowest BCUT2D eigenvalue weighted by molar-refractivity contribution is -0.276. The van der Waals surface area contributed by atoms with Gasteiger partial charge < -0.3 is 30.0 Å². The van der Waals surface area contributed by atoms with Gasteiger partial charge in [-0.25, -0.2) is 9.59 Å². The number of amides is 2. The minimum Gasteiger partial charge on any atom is -0.467 e. The van der Waals surface area contributed by atoms with Gasteiger partial charge in [-0.1, -0.05) is 140 Å². The lowest BCUT2D eigenvalue weighted by Gasteiger charge is -2.43. The fourth-order valence-corrected chi connectivity index (χ4v) is 7.10. The number of carbonyl (C=O) groups is 2. The fourth-order valence-electron chi connectivity index (χ4n) is 7.10. The molecule has 1 fully saturated rings. The number of hydrogen-bond acceptors (Lipinski definition) is 7. The largest absolute Gasteiger partial charge is 0.467 e. The maximum Gasteiger partial charge on any atom is 0.328 e. The van der Waals surface area contributed by atoms with E-state index in [2.05, 4.69) is 72.8 Å². The Morgan fingerprint density at radius 2 is 1.44 bits per heavy atom. The molecule has 0 unspecified atom stereocenters. The van der Waals surface area contributed by atoms with Crippen LogP contribution in [0.25, 0.3) is 11.1 Å². The predicted molar refractivity (Wildman–Crippen MR) is 214 cm³/mol. The number of urea groups is 1. The van der Waals surface area contributed by atoms with Crippen molar-refractivity contribution in [1.29, 1.82) is 0 Å². The smallest absolute Gasteiger partial charge is 0.328 e. The number of rotatable bonds is 14. The topological polar surface area (TPSA) is 109 Å². The van der Waals surface area contributed by atoms with Gasteiger partial charge in [0.15, 0.2) is 6.29 Å². The van der Waals surface area contributed by atoms with Gasteiger partial charge >= 0.3 is 12.0 Å². The first kappa shape index (κ1) is 39.4. The van der Waals surface area contributed by atoms with E-state index in [0.29, 0.717) is 13.0 Å².